The number of aromatic nitrogens is 1. The predicted molar refractivity (Wildman–Crippen MR) is 86.6 cm³/mol. The van der Waals surface area contributed by atoms with Crippen LogP contribution in [0.3, 0.4) is 0 Å². The van der Waals surface area contributed by atoms with Crippen molar-refractivity contribution in [3.05, 3.63) is 24.0 Å². The number of nitrogens with zero attached hydrogens (tertiary/aromatic N) is 1. The number of carbonyl (C=O) groups is 2. The van der Waals surface area contributed by atoms with Crippen LogP contribution in [0.5, 0.6) is 0 Å². The fourth-order valence-corrected chi connectivity index (χ4v) is 4.18. The van der Waals surface area contributed by atoms with Crippen LogP contribution in [0.15, 0.2) is 18.3 Å². The van der Waals surface area contributed by atoms with Crippen molar-refractivity contribution in [2.75, 3.05) is 0 Å². The molecule has 2 amide bonds. The molecule has 0 aromatic carbocycles. The fraction of sp³-hybridized carbons (Fsp3) is 0.667. The van der Waals surface area contributed by atoms with Crippen molar-refractivity contribution in [2.24, 2.45) is 18.4 Å². The normalized spacial score (nSPS) is 30.2. The monoisotopic (exact) mass is 315 g/mol. The molecule has 1 heterocycles. The van der Waals surface area contributed by atoms with Crippen molar-refractivity contribution < 1.29 is 9.59 Å². The molecule has 0 saturated heterocycles. The van der Waals surface area contributed by atoms with Crippen molar-refractivity contribution in [3.63, 3.8) is 0 Å². The minimum absolute atomic E-state index is 0.0668. The highest BCUT2D eigenvalue weighted by Crippen LogP contribution is 2.65. The first-order valence-electron chi connectivity index (χ1n) is 8.76. The van der Waals surface area contributed by atoms with E-state index in [0.29, 0.717) is 11.8 Å². The van der Waals surface area contributed by atoms with Gasteiger partial charge in [-0.15, -0.1) is 0 Å². The fourth-order valence-electron chi connectivity index (χ4n) is 4.18. The maximum atomic E-state index is 12.2. The highest BCUT2D eigenvalue weighted by molar-refractivity contribution is 5.83. The van der Waals surface area contributed by atoms with E-state index in [1.807, 2.05) is 29.9 Å². The number of hydrogen-bond donors (Lipinski definition) is 2. The molecule has 0 bridgehead atoms. The summed E-state index contributed by atoms with van der Waals surface area (Å²) < 4.78 is 1.97. The quantitative estimate of drug-likeness (QED) is 0.865. The van der Waals surface area contributed by atoms with Gasteiger partial charge >= 0.3 is 0 Å². The molecule has 5 heteroatoms. The van der Waals surface area contributed by atoms with Gasteiger partial charge in [0.1, 0.15) is 0 Å². The highest BCUT2D eigenvalue weighted by Gasteiger charge is 2.61. The van der Waals surface area contributed by atoms with Gasteiger partial charge in [-0.05, 0) is 49.7 Å². The van der Waals surface area contributed by atoms with Gasteiger partial charge in [0.15, 0.2) is 0 Å². The van der Waals surface area contributed by atoms with Crippen LogP contribution in [0.25, 0.3) is 0 Å². The minimum Gasteiger partial charge on any atom is -0.354 e. The standard InChI is InChI=1S/C18H25N3O2/c1-21-7-2-4-14(21)10-16(22)19-12-8-13(9-12)20-17(23)15-11-18(15)5-3-6-18/h2,4,7,12-13,15H,3,5-6,8-11H2,1H3,(H,19,22)(H,20,23). The summed E-state index contributed by atoms with van der Waals surface area (Å²) in [5.41, 5.74) is 1.42. The van der Waals surface area contributed by atoms with Gasteiger partial charge in [0.25, 0.3) is 0 Å². The largest absolute Gasteiger partial charge is 0.354 e. The number of amides is 2. The molecule has 3 aliphatic carbocycles. The number of aryl methyl sites for hydroxylation is 1. The molecule has 23 heavy (non-hydrogen) atoms. The maximum Gasteiger partial charge on any atom is 0.226 e. The second kappa shape index (κ2) is 5.39. The Morgan fingerprint density at radius 2 is 2.00 bits per heavy atom. The summed E-state index contributed by atoms with van der Waals surface area (Å²) in [6, 6.07) is 4.38. The molecule has 3 saturated carbocycles. The van der Waals surface area contributed by atoms with Crippen molar-refractivity contribution in [1.29, 1.82) is 0 Å². The Bertz CT molecular complexity index is 626. The van der Waals surface area contributed by atoms with Gasteiger partial charge in [-0.25, -0.2) is 0 Å². The number of carbonyl (C=O) groups excluding carboxylic acids is 2. The zero-order valence-corrected chi connectivity index (χ0v) is 13.7. The van der Waals surface area contributed by atoms with Gasteiger partial charge in [-0.2, -0.15) is 0 Å². The Labute approximate surface area is 136 Å². The summed E-state index contributed by atoms with van der Waals surface area (Å²) in [5, 5.41) is 6.23. The van der Waals surface area contributed by atoms with Gasteiger partial charge in [0.2, 0.25) is 11.8 Å². The van der Waals surface area contributed by atoms with Crippen LogP contribution in [0.2, 0.25) is 0 Å². The van der Waals surface area contributed by atoms with Gasteiger partial charge < -0.3 is 15.2 Å². The number of nitrogens with one attached hydrogen (secondary N) is 2. The van der Waals surface area contributed by atoms with Gasteiger partial charge in [-0.3, -0.25) is 9.59 Å². The SMILES string of the molecule is Cn1cccc1CC(=O)NC1CC(NC(=O)C2CC23CCC3)C1. The van der Waals surface area contributed by atoms with Gasteiger partial charge in [0.05, 0.1) is 6.42 Å². The molecule has 0 radical (unpaired) electrons. The second-order valence-corrected chi connectivity index (χ2v) is 7.70. The van der Waals surface area contributed by atoms with E-state index in [1.54, 1.807) is 0 Å². The summed E-state index contributed by atoms with van der Waals surface area (Å²) >= 11 is 0. The average molecular weight is 315 g/mol. The lowest BCUT2D eigenvalue weighted by Gasteiger charge is -2.37. The van der Waals surface area contributed by atoms with E-state index in [4.69, 9.17) is 0 Å². The molecule has 5 nitrogen and oxygen atoms in total. The molecular formula is C18H25N3O2. The third kappa shape index (κ3) is 2.77. The Morgan fingerprint density at radius 1 is 1.26 bits per heavy atom. The highest BCUT2D eigenvalue weighted by atomic mass is 16.2. The molecule has 0 aliphatic heterocycles. The summed E-state index contributed by atoms with van der Waals surface area (Å²) in [5.74, 6) is 0.600. The summed E-state index contributed by atoms with van der Waals surface area (Å²) in [6.45, 7) is 0. The zero-order valence-electron chi connectivity index (χ0n) is 13.7. The van der Waals surface area contributed by atoms with Crippen LogP contribution >= 0.6 is 0 Å². The molecule has 3 fully saturated rings. The Balaban J connectivity index is 1.16. The second-order valence-electron chi connectivity index (χ2n) is 7.70. The third-order valence-corrected chi connectivity index (χ3v) is 6.10. The lowest BCUT2D eigenvalue weighted by molar-refractivity contribution is -0.125. The molecule has 124 valence electrons. The number of rotatable bonds is 5. The van der Waals surface area contributed by atoms with Crippen LogP contribution in [-0.2, 0) is 23.1 Å². The van der Waals surface area contributed by atoms with E-state index in [0.717, 1.165) is 25.0 Å². The van der Waals surface area contributed by atoms with E-state index in [-0.39, 0.29) is 29.8 Å². The van der Waals surface area contributed by atoms with E-state index < -0.39 is 0 Å². The van der Waals surface area contributed by atoms with Gasteiger partial charge in [-0.1, -0.05) is 6.42 Å². The first kappa shape index (κ1) is 14.8. The van der Waals surface area contributed by atoms with E-state index >= 15 is 0 Å². The Hall–Kier alpha value is -1.78. The van der Waals surface area contributed by atoms with Crippen molar-refractivity contribution in [1.82, 2.24) is 15.2 Å². The molecule has 1 atom stereocenters. The van der Waals surface area contributed by atoms with Crippen LogP contribution in [0, 0.1) is 11.3 Å². The molecule has 1 spiro atoms. The van der Waals surface area contributed by atoms with Crippen molar-refractivity contribution in [2.45, 2.75) is 57.0 Å². The molecule has 1 aromatic heterocycles. The first-order chi connectivity index (χ1) is 11.1. The lowest BCUT2D eigenvalue weighted by atomic mass is 9.79. The van der Waals surface area contributed by atoms with Crippen LogP contribution in [0.1, 0.15) is 44.2 Å². The molecule has 3 aliphatic rings. The predicted octanol–water partition coefficient (Wildman–Crippen LogP) is 1.52. The molecular weight excluding hydrogens is 290 g/mol. The van der Waals surface area contributed by atoms with Gasteiger partial charge in [0, 0.05) is 36.9 Å². The molecule has 4 rings (SSSR count). The van der Waals surface area contributed by atoms with E-state index in [2.05, 4.69) is 10.6 Å². The minimum atomic E-state index is 0.0668. The number of hydrogen-bond acceptors (Lipinski definition) is 2. The maximum absolute atomic E-state index is 12.2. The molecule has 1 aromatic rings. The smallest absolute Gasteiger partial charge is 0.226 e. The zero-order chi connectivity index (χ0) is 16.0. The van der Waals surface area contributed by atoms with E-state index in [9.17, 15) is 9.59 Å². The van der Waals surface area contributed by atoms with E-state index in [1.165, 1.54) is 19.3 Å². The molecule has 2 N–H and O–H groups in total. The first-order valence-corrected chi connectivity index (χ1v) is 8.76. The topological polar surface area (TPSA) is 63.1 Å². The van der Waals surface area contributed by atoms with Crippen LogP contribution < -0.4 is 10.6 Å². The average Bonchev–Trinajstić information content (AvgIpc) is 3.10. The lowest BCUT2D eigenvalue weighted by Crippen LogP contribution is -2.54. The molecule has 1 unspecified atom stereocenters. The van der Waals surface area contributed by atoms with Crippen molar-refractivity contribution >= 4 is 11.8 Å². The summed E-state index contributed by atoms with van der Waals surface area (Å²) in [7, 11) is 1.95. The van der Waals surface area contributed by atoms with Crippen LogP contribution in [-0.4, -0.2) is 28.5 Å². The third-order valence-electron chi connectivity index (χ3n) is 6.10. The van der Waals surface area contributed by atoms with Crippen LogP contribution in [0.4, 0.5) is 0 Å². The Morgan fingerprint density at radius 3 is 2.57 bits per heavy atom. The Kier molecular flexibility index (Phi) is 3.47. The van der Waals surface area contributed by atoms with Crippen molar-refractivity contribution in [3.8, 4) is 0 Å². The summed E-state index contributed by atoms with van der Waals surface area (Å²) in [6.07, 6.45) is 8.98. The summed E-state index contributed by atoms with van der Waals surface area (Å²) in [4.78, 5) is 24.2.